The van der Waals surface area contributed by atoms with Crippen molar-refractivity contribution in [3.05, 3.63) is 0 Å². The van der Waals surface area contributed by atoms with E-state index in [2.05, 4.69) is 0 Å². The van der Waals surface area contributed by atoms with Gasteiger partial charge in [-0.05, 0) is 36.7 Å². The molecular formula is C11H21NO2S. The number of thioether (sulfide) groups is 1. The quantitative estimate of drug-likeness (QED) is 0.756. The van der Waals surface area contributed by atoms with Gasteiger partial charge in [0.25, 0.3) is 0 Å². The molecule has 0 aliphatic carbocycles. The normalized spacial score (nSPS) is 32.8. The summed E-state index contributed by atoms with van der Waals surface area (Å²) in [6, 6.07) is 0. The zero-order valence-electron chi connectivity index (χ0n) is 9.15. The zero-order valence-corrected chi connectivity index (χ0v) is 9.97. The van der Waals surface area contributed by atoms with Crippen molar-refractivity contribution >= 4 is 11.8 Å². The van der Waals surface area contributed by atoms with Crippen molar-refractivity contribution in [3.63, 3.8) is 0 Å². The van der Waals surface area contributed by atoms with E-state index in [0.717, 1.165) is 38.2 Å². The standard InChI is InChI=1S/C11H21NO2S/c12-8-11(2-4-14-5-3-11)10(13)9-1-6-15-7-9/h9-10,13H,1-8,12H2. The summed E-state index contributed by atoms with van der Waals surface area (Å²) in [4.78, 5) is 0. The molecule has 0 amide bonds. The number of aliphatic hydroxyl groups is 1. The molecule has 3 N–H and O–H groups in total. The molecule has 4 heteroatoms. The first-order valence-electron chi connectivity index (χ1n) is 5.82. The summed E-state index contributed by atoms with van der Waals surface area (Å²) in [5, 5.41) is 10.5. The summed E-state index contributed by atoms with van der Waals surface area (Å²) in [6.07, 6.45) is 2.77. The number of nitrogens with two attached hydrogens (primary N) is 1. The maximum absolute atomic E-state index is 10.5. The van der Waals surface area contributed by atoms with E-state index in [9.17, 15) is 5.11 Å². The van der Waals surface area contributed by atoms with E-state index in [-0.39, 0.29) is 11.5 Å². The Labute approximate surface area is 95.7 Å². The molecule has 0 aromatic heterocycles. The molecule has 2 atom stereocenters. The van der Waals surface area contributed by atoms with Crippen LogP contribution in [0.25, 0.3) is 0 Å². The van der Waals surface area contributed by atoms with E-state index in [1.807, 2.05) is 11.8 Å². The van der Waals surface area contributed by atoms with E-state index in [4.69, 9.17) is 10.5 Å². The average molecular weight is 231 g/mol. The molecule has 2 saturated heterocycles. The Bertz CT molecular complexity index is 201. The van der Waals surface area contributed by atoms with Gasteiger partial charge in [0.1, 0.15) is 0 Å². The Morgan fingerprint density at radius 2 is 2.20 bits per heavy atom. The summed E-state index contributed by atoms with van der Waals surface area (Å²) >= 11 is 1.95. The molecule has 0 bridgehead atoms. The third-order valence-electron chi connectivity index (χ3n) is 3.93. The molecule has 2 unspecified atom stereocenters. The summed E-state index contributed by atoms with van der Waals surface area (Å²) in [6.45, 7) is 2.11. The summed E-state index contributed by atoms with van der Waals surface area (Å²) < 4.78 is 5.37. The van der Waals surface area contributed by atoms with Gasteiger partial charge >= 0.3 is 0 Å². The first-order chi connectivity index (χ1) is 7.28. The average Bonchev–Trinajstić information content (AvgIpc) is 2.82. The first-order valence-corrected chi connectivity index (χ1v) is 6.98. The largest absolute Gasteiger partial charge is 0.392 e. The van der Waals surface area contributed by atoms with Crippen LogP contribution in [0.1, 0.15) is 19.3 Å². The first kappa shape index (κ1) is 11.7. The van der Waals surface area contributed by atoms with Crippen LogP contribution in [0.5, 0.6) is 0 Å². The van der Waals surface area contributed by atoms with Crippen molar-refractivity contribution < 1.29 is 9.84 Å². The number of aliphatic hydroxyl groups excluding tert-OH is 1. The summed E-state index contributed by atoms with van der Waals surface area (Å²) in [7, 11) is 0. The zero-order chi connectivity index (χ0) is 10.7. The topological polar surface area (TPSA) is 55.5 Å². The van der Waals surface area contributed by atoms with Gasteiger partial charge < -0.3 is 15.6 Å². The molecule has 0 aromatic carbocycles. The van der Waals surface area contributed by atoms with Crippen molar-refractivity contribution in [2.45, 2.75) is 25.4 Å². The molecule has 2 aliphatic rings. The van der Waals surface area contributed by atoms with Crippen LogP contribution in [0.15, 0.2) is 0 Å². The molecule has 2 heterocycles. The predicted molar refractivity (Wildman–Crippen MR) is 63.0 cm³/mol. The van der Waals surface area contributed by atoms with Gasteiger partial charge in [-0.2, -0.15) is 11.8 Å². The molecule has 0 spiro atoms. The Hall–Kier alpha value is 0.230. The van der Waals surface area contributed by atoms with Gasteiger partial charge in [-0.1, -0.05) is 0 Å². The van der Waals surface area contributed by atoms with E-state index >= 15 is 0 Å². The Kier molecular flexibility index (Phi) is 3.93. The van der Waals surface area contributed by atoms with Crippen LogP contribution in [0.2, 0.25) is 0 Å². The van der Waals surface area contributed by atoms with E-state index in [0.29, 0.717) is 12.5 Å². The second-order valence-corrected chi connectivity index (χ2v) is 5.90. The van der Waals surface area contributed by atoms with Crippen LogP contribution in [0.3, 0.4) is 0 Å². The lowest BCUT2D eigenvalue weighted by atomic mass is 9.71. The fourth-order valence-electron chi connectivity index (χ4n) is 2.70. The Balaban J connectivity index is 2.02. The van der Waals surface area contributed by atoms with Crippen LogP contribution >= 0.6 is 11.8 Å². The SMILES string of the molecule is NCC1(C(O)C2CCSC2)CCOCC1. The minimum Gasteiger partial charge on any atom is -0.392 e. The minimum absolute atomic E-state index is 0.0617. The molecule has 3 nitrogen and oxygen atoms in total. The number of ether oxygens (including phenoxy) is 1. The van der Waals surface area contributed by atoms with Crippen LogP contribution in [-0.2, 0) is 4.74 Å². The van der Waals surface area contributed by atoms with Gasteiger partial charge in [-0.25, -0.2) is 0 Å². The van der Waals surface area contributed by atoms with Gasteiger partial charge in [0.2, 0.25) is 0 Å². The molecular weight excluding hydrogens is 210 g/mol. The maximum Gasteiger partial charge on any atom is 0.0646 e. The molecule has 0 aromatic rings. The van der Waals surface area contributed by atoms with E-state index in [1.54, 1.807) is 0 Å². The predicted octanol–water partition coefficient (Wildman–Crippen LogP) is 0.856. The lowest BCUT2D eigenvalue weighted by Gasteiger charge is -2.42. The Morgan fingerprint density at radius 1 is 1.47 bits per heavy atom. The maximum atomic E-state index is 10.5. The van der Waals surface area contributed by atoms with Crippen molar-refractivity contribution in [2.24, 2.45) is 17.1 Å². The highest BCUT2D eigenvalue weighted by Crippen LogP contribution is 2.40. The van der Waals surface area contributed by atoms with Crippen LogP contribution in [0, 0.1) is 11.3 Å². The molecule has 2 rings (SSSR count). The highest BCUT2D eigenvalue weighted by atomic mass is 32.2. The molecule has 0 radical (unpaired) electrons. The minimum atomic E-state index is -0.221. The van der Waals surface area contributed by atoms with E-state index in [1.165, 1.54) is 5.75 Å². The van der Waals surface area contributed by atoms with Crippen molar-refractivity contribution in [3.8, 4) is 0 Å². The summed E-state index contributed by atoms with van der Waals surface area (Å²) in [5.74, 6) is 2.75. The van der Waals surface area contributed by atoms with Crippen LogP contribution in [0.4, 0.5) is 0 Å². The van der Waals surface area contributed by atoms with Gasteiger partial charge in [0.15, 0.2) is 0 Å². The van der Waals surface area contributed by atoms with E-state index < -0.39 is 0 Å². The van der Waals surface area contributed by atoms with Crippen molar-refractivity contribution in [1.82, 2.24) is 0 Å². The van der Waals surface area contributed by atoms with Gasteiger partial charge in [-0.3, -0.25) is 0 Å². The lowest BCUT2D eigenvalue weighted by molar-refractivity contribution is -0.0756. The summed E-state index contributed by atoms with van der Waals surface area (Å²) in [5.41, 5.74) is 5.82. The smallest absolute Gasteiger partial charge is 0.0646 e. The van der Waals surface area contributed by atoms with Gasteiger partial charge in [-0.15, -0.1) is 0 Å². The number of rotatable bonds is 3. The Morgan fingerprint density at radius 3 is 2.73 bits per heavy atom. The van der Waals surface area contributed by atoms with Gasteiger partial charge in [0, 0.05) is 25.2 Å². The van der Waals surface area contributed by atoms with Crippen molar-refractivity contribution in [2.75, 3.05) is 31.3 Å². The van der Waals surface area contributed by atoms with Crippen molar-refractivity contribution in [1.29, 1.82) is 0 Å². The second kappa shape index (κ2) is 5.04. The highest BCUT2D eigenvalue weighted by Gasteiger charge is 2.42. The molecule has 2 fully saturated rings. The number of hydrogen-bond acceptors (Lipinski definition) is 4. The third-order valence-corrected chi connectivity index (χ3v) is 5.12. The third kappa shape index (κ3) is 2.33. The number of hydrogen-bond donors (Lipinski definition) is 2. The molecule has 2 aliphatic heterocycles. The molecule has 0 saturated carbocycles. The second-order valence-electron chi connectivity index (χ2n) is 4.75. The molecule has 15 heavy (non-hydrogen) atoms. The highest BCUT2D eigenvalue weighted by molar-refractivity contribution is 7.99. The van der Waals surface area contributed by atoms with Gasteiger partial charge in [0.05, 0.1) is 6.10 Å². The fourth-order valence-corrected chi connectivity index (χ4v) is 3.99. The van der Waals surface area contributed by atoms with Crippen LogP contribution < -0.4 is 5.73 Å². The van der Waals surface area contributed by atoms with Crippen LogP contribution in [-0.4, -0.2) is 42.5 Å². The molecule has 88 valence electrons. The monoisotopic (exact) mass is 231 g/mol. The fraction of sp³-hybridized carbons (Fsp3) is 1.00. The lowest BCUT2D eigenvalue weighted by Crippen LogP contribution is -2.49.